The number of nitrogens with one attached hydrogen (secondary N) is 1. The molecule has 0 aliphatic carbocycles. The first-order valence-electron chi connectivity index (χ1n) is 7.95. The van der Waals surface area contributed by atoms with Crippen molar-refractivity contribution in [3.8, 4) is 0 Å². The molecular weight excluding hydrogens is 332 g/mol. The Balaban J connectivity index is 1.67. The Labute approximate surface area is 141 Å². The number of thiophene rings is 1. The predicted molar refractivity (Wildman–Crippen MR) is 94.4 cm³/mol. The van der Waals surface area contributed by atoms with E-state index in [9.17, 15) is 8.42 Å². The SMILES string of the molecule is CCCS(=O)(=O)N1CCC(Nc2ncnc3sc(C)cc23)CC1. The van der Waals surface area contributed by atoms with E-state index >= 15 is 0 Å². The third-order valence-corrected chi connectivity index (χ3v) is 7.14. The lowest BCUT2D eigenvalue weighted by molar-refractivity contribution is 0.329. The first kappa shape index (κ1) is 16.6. The van der Waals surface area contributed by atoms with Crippen molar-refractivity contribution in [1.29, 1.82) is 0 Å². The van der Waals surface area contributed by atoms with Crippen molar-refractivity contribution in [3.63, 3.8) is 0 Å². The minimum Gasteiger partial charge on any atom is -0.367 e. The van der Waals surface area contributed by atoms with Crippen molar-refractivity contribution in [2.75, 3.05) is 24.2 Å². The van der Waals surface area contributed by atoms with Crippen LogP contribution in [0.2, 0.25) is 0 Å². The highest BCUT2D eigenvalue weighted by atomic mass is 32.2. The molecule has 0 spiro atoms. The molecule has 1 aliphatic heterocycles. The maximum absolute atomic E-state index is 12.1. The molecule has 6 nitrogen and oxygen atoms in total. The fourth-order valence-electron chi connectivity index (χ4n) is 2.95. The summed E-state index contributed by atoms with van der Waals surface area (Å²) in [6.45, 7) is 5.12. The lowest BCUT2D eigenvalue weighted by atomic mass is 10.1. The minimum absolute atomic E-state index is 0.242. The van der Waals surface area contributed by atoms with E-state index in [-0.39, 0.29) is 11.8 Å². The van der Waals surface area contributed by atoms with Crippen molar-refractivity contribution < 1.29 is 8.42 Å². The molecule has 2 aromatic heterocycles. The summed E-state index contributed by atoms with van der Waals surface area (Å²) in [5.41, 5.74) is 0. The van der Waals surface area contributed by atoms with E-state index in [4.69, 9.17) is 0 Å². The number of anilines is 1. The van der Waals surface area contributed by atoms with Crippen molar-refractivity contribution in [2.45, 2.75) is 39.2 Å². The van der Waals surface area contributed by atoms with E-state index in [0.717, 1.165) is 28.9 Å². The van der Waals surface area contributed by atoms with Crippen LogP contribution >= 0.6 is 11.3 Å². The molecular formula is C15H22N4O2S2. The second-order valence-electron chi connectivity index (χ2n) is 5.93. The van der Waals surface area contributed by atoms with Gasteiger partial charge in [-0.15, -0.1) is 11.3 Å². The fraction of sp³-hybridized carbons (Fsp3) is 0.600. The third-order valence-electron chi connectivity index (χ3n) is 4.10. The summed E-state index contributed by atoms with van der Waals surface area (Å²) in [5, 5.41) is 4.53. The summed E-state index contributed by atoms with van der Waals surface area (Å²) < 4.78 is 25.9. The summed E-state index contributed by atoms with van der Waals surface area (Å²) in [6, 6.07) is 2.35. The molecule has 126 valence electrons. The van der Waals surface area contributed by atoms with Gasteiger partial charge < -0.3 is 5.32 Å². The lowest BCUT2D eigenvalue weighted by Gasteiger charge is -2.31. The van der Waals surface area contributed by atoms with Crippen LogP contribution in [0.25, 0.3) is 10.2 Å². The molecule has 3 heterocycles. The Bertz CT molecular complexity index is 780. The summed E-state index contributed by atoms with van der Waals surface area (Å²) in [7, 11) is -3.08. The Morgan fingerprint density at radius 3 is 2.78 bits per heavy atom. The molecule has 0 aromatic carbocycles. The first-order valence-corrected chi connectivity index (χ1v) is 10.4. The van der Waals surface area contributed by atoms with Gasteiger partial charge in [-0.05, 0) is 32.3 Å². The lowest BCUT2D eigenvalue weighted by Crippen LogP contribution is -2.43. The molecule has 0 unspecified atom stereocenters. The number of hydrogen-bond donors (Lipinski definition) is 1. The maximum atomic E-state index is 12.1. The number of aryl methyl sites for hydroxylation is 1. The second-order valence-corrected chi connectivity index (χ2v) is 9.26. The number of rotatable bonds is 5. The van der Waals surface area contributed by atoms with Gasteiger partial charge in [0.05, 0.1) is 11.1 Å². The van der Waals surface area contributed by atoms with Crippen LogP contribution in [0.5, 0.6) is 0 Å². The smallest absolute Gasteiger partial charge is 0.214 e. The van der Waals surface area contributed by atoms with Crippen LogP contribution < -0.4 is 5.32 Å². The standard InChI is InChI=1S/C15H22N4O2S2/c1-3-8-23(20,21)19-6-4-12(5-7-19)18-14-13-9-11(2)22-15(13)17-10-16-14/h9-10,12H,3-8H2,1-2H3,(H,16,17,18). The molecule has 0 bridgehead atoms. The molecule has 3 rings (SSSR count). The monoisotopic (exact) mass is 354 g/mol. The molecule has 1 fully saturated rings. The van der Waals surface area contributed by atoms with Crippen molar-refractivity contribution >= 4 is 37.4 Å². The molecule has 1 N–H and O–H groups in total. The van der Waals surface area contributed by atoms with Crippen LogP contribution in [0.15, 0.2) is 12.4 Å². The Hall–Kier alpha value is -1.25. The van der Waals surface area contributed by atoms with E-state index in [1.165, 1.54) is 4.88 Å². The van der Waals surface area contributed by atoms with Crippen LogP contribution in [-0.2, 0) is 10.0 Å². The zero-order chi connectivity index (χ0) is 16.4. The van der Waals surface area contributed by atoms with Crippen molar-refractivity contribution in [3.05, 3.63) is 17.3 Å². The van der Waals surface area contributed by atoms with Gasteiger partial charge in [-0.2, -0.15) is 0 Å². The van der Waals surface area contributed by atoms with Gasteiger partial charge >= 0.3 is 0 Å². The molecule has 2 aromatic rings. The Morgan fingerprint density at radius 1 is 1.35 bits per heavy atom. The number of sulfonamides is 1. The summed E-state index contributed by atoms with van der Waals surface area (Å²) in [4.78, 5) is 10.9. The topological polar surface area (TPSA) is 75.2 Å². The number of fused-ring (bicyclic) bond motifs is 1. The maximum Gasteiger partial charge on any atom is 0.214 e. The number of nitrogens with zero attached hydrogens (tertiary/aromatic N) is 3. The minimum atomic E-state index is -3.08. The fourth-order valence-corrected chi connectivity index (χ4v) is 5.34. The van der Waals surface area contributed by atoms with Crippen LogP contribution in [0, 0.1) is 6.92 Å². The summed E-state index contributed by atoms with van der Waals surface area (Å²) in [6.07, 6.45) is 3.85. The third kappa shape index (κ3) is 3.64. The molecule has 0 radical (unpaired) electrons. The quantitative estimate of drug-likeness (QED) is 0.893. The average Bonchev–Trinajstić information content (AvgIpc) is 2.89. The molecule has 0 saturated carbocycles. The largest absolute Gasteiger partial charge is 0.367 e. The molecule has 8 heteroatoms. The van der Waals surface area contributed by atoms with Crippen molar-refractivity contribution in [2.24, 2.45) is 0 Å². The predicted octanol–water partition coefficient (Wildman–Crippen LogP) is 2.62. The molecule has 23 heavy (non-hydrogen) atoms. The Morgan fingerprint density at radius 2 is 2.09 bits per heavy atom. The molecule has 1 saturated heterocycles. The zero-order valence-electron chi connectivity index (χ0n) is 13.4. The van der Waals surface area contributed by atoms with Crippen molar-refractivity contribution in [1.82, 2.24) is 14.3 Å². The van der Waals surface area contributed by atoms with Gasteiger partial charge in [0.15, 0.2) is 0 Å². The second kappa shape index (κ2) is 6.70. The number of piperidine rings is 1. The van der Waals surface area contributed by atoms with Crippen LogP contribution in [-0.4, -0.2) is 47.6 Å². The van der Waals surface area contributed by atoms with Gasteiger partial charge in [-0.1, -0.05) is 6.92 Å². The van der Waals surface area contributed by atoms with E-state index in [0.29, 0.717) is 19.5 Å². The van der Waals surface area contributed by atoms with Crippen LogP contribution in [0.1, 0.15) is 31.1 Å². The van der Waals surface area contributed by atoms with E-state index in [1.807, 2.05) is 6.92 Å². The number of aromatic nitrogens is 2. The highest BCUT2D eigenvalue weighted by Gasteiger charge is 2.27. The van der Waals surface area contributed by atoms with Crippen LogP contribution in [0.3, 0.4) is 0 Å². The Kier molecular flexibility index (Phi) is 4.84. The van der Waals surface area contributed by atoms with E-state index in [2.05, 4.69) is 28.3 Å². The van der Waals surface area contributed by atoms with Crippen LogP contribution in [0.4, 0.5) is 5.82 Å². The molecule has 0 atom stereocenters. The normalized spacial score (nSPS) is 17.7. The molecule has 1 aliphatic rings. The van der Waals surface area contributed by atoms with E-state index < -0.39 is 10.0 Å². The summed E-state index contributed by atoms with van der Waals surface area (Å²) >= 11 is 1.66. The number of hydrogen-bond acceptors (Lipinski definition) is 6. The van der Waals surface area contributed by atoms with Gasteiger partial charge in [0.2, 0.25) is 10.0 Å². The highest BCUT2D eigenvalue weighted by Crippen LogP contribution is 2.29. The average molecular weight is 355 g/mol. The van der Waals surface area contributed by atoms with Gasteiger partial charge in [-0.25, -0.2) is 22.7 Å². The van der Waals surface area contributed by atoms with Gasteiger partial charge in [0.25, 0.3) is 0 Å². The van der Waals surface area contributed by atoms with E-state index in [1.54, 1.807) is 22.0 Å². The van der Waals surface area contributed by atoms with Gasteiger partial charge in [0, 0.05) is 24.0 Å². The molecule has 0 amide bonds. The first-order chi connectivity index (χ1) is 11.0. The zero-order valence-corrected chi connectivity index (χ0v) is 15.1. The van der Waals surface area contributed by atoms with Gasteiger partial charge in [-0.3, -0.25) is 0 Å². The highest BCUT2D eigenvalue weighted by molar-refractivity contribution is 7.89. The van der Waals surface area contributed by atoms with Gasteiger partial charge in [0.1, 0.15) is 17.0 Å². The summed E-state index contributed by atoms with van der Waals surface area (Å²) in [5.74, 6) is 1.10.